The molecule has 0 saturated carbocycles. The van der Waals surface area contributed by atoms with Crippen LogP contribution in [0.2, 0.25) is 0 Å². The van der Waals surface area contributed by atoms with Crippen molar-refractivity contribution in [2.75, 3.05) is 6.54 Å². The van der Waals surface area contributed by atoms with E-state index in [0.717, 1.165) is 11.4 Å². The van der Waals surface area contributed by atoms with Crippen LogP contribution in [0.4, 0.5) is 0 Å². The number of thiophene rings is 2. The van der Waals surface area contributed by atoms with Crippen LogP contribution in [-0.4, -0.2) is 21.2 Å². The Kier molecular flexibility index (Phi) is 3.96. The van der Waals surface area contributed by atoms with Crippen LogP contribution in [-0.2, 0) is 6.67 Å². The van der Waals surface area contributed by atoms with Crippen molar-refractivity contribution in [3.63, 3.8) is 0 Å². The van der Waals surface area contributed by atoms with Gasteiger partial charge in [0.15, 0.2) is 0 Å². The first kappa shape index (κ1) is 14.3. The molecule has 0 bridgehead atoms. The Morgan fingerprint density at radius 2 is 2.14 bits per heavy atom. The molecule has 114 valence electrons. The monoisotopic (exact) mass is 349 g/mol. The van der Waals surface area contributed by atoms with Crippen LogP contribution in [0, 0.1) is 4.84 Å². The summed E-state index contributed by atoms with van der Waals surface area (Å²) in [6.07, 6.45) is 2.41. The fourth-order valence-corrected chi connectivity index (χ4v) is 4.58. The first-order valence-corrected chi connectivity index (χ1v) is 9.37. The summed E-state index contributed by atoms with van der Waals surface area (Å²) in [6, 6.07) is 8.80. The summed E-state index contributed by atoms with van der Waals surface area (Å²) in [4.78, 5) is 5.31. The Hall–Kier alpha value is -1.28. The summed E-state index contributed by atoms with van der Waals surface area (Å²) in [7, 11) is 0. The van der Waals surface area contributed by atoms with Gasteiger partial charge in [-0.2, -0.15) is 0 Å². The first-order valence-electron chi connectivity index (χ1n) is 7.20. The minimum absolute atomic E-state index is 0.445. The lowest BCUT2D eigenvalue weighted by atomic mass is 10.2. The Balaban J connectivity index is 1.57. The van der Waals surface area contributed by atoms with E-state index in [9.17, 15) is 0 Å². The molecule has 22 heavy (non-hydrogen) atoms. The first-order chi connectivity index (χ1) is 10.8. The average molecular weight is 350 g/mol. The highest BCUT2D eigenvalue weighted by Gasteiger charge is 2.27. The molecule has 1 unspecified atom stereocenters. The standard InChI is InChI=1S/C15H15N3OS3/c20-15-18(16-14(19-15)13-6-3-9-22-13)10-17-7-1-4-11(17)12-5-2-8-21-12/h2-3,5-6,8-9,11H,1,4,7,10H2. The molecule has 1 fully saturated rings. The third kappa shape index (κ3) is 2.69. The molecule has 3 aromatic rings. The number of hydrogen-bond donors (Lipinski definition) is 0. The van der Waals surface area contributed by atoms with Crippen LogP contribution in [0.5, 0.6) is 0 Å². The van der Waals surface area contributed by atoms with Gasteiger partial charge in [0.25, 0.3) is 10.7 Å². The van der Waals surface area contributed by atoms with Crippen LogP contribution >= 0.6 is 34.9 Å². The van der Waals surface area contributed by atoms with E-state index in [1.165, 1.54) is 17.7 Å². The third-order valence-corrected chi connectivity index (χ3v) is 6.01. The summed E-state index contributed by atoms with van der Waals surface area (Å²) in [5, 5.41) is 8.70. The molecule has 0 aliphatic carbocycles. The molecule has 1 aliphatic rings. The van der Waals surface area contributed by atoms with Gasteiger partial charge in [-0.3, -0.25) is 4.90 Å². The van der Waals surface area contributed by atoms with Crippen molar-refractivity contribution in [1.29, 1.82) is 0 Å². The normalized spacial score (nSPS) is 19.0. The van der Waals surface area contributed by atoms with Gasteiger partial charge in [-0.1, -0.05) is 12.1 Å². The zero-order valence-electron chi connectivity index (χ0n) is 11.8. The van der Waals surface area contributed by atoms with Gasteiger partial charge in [0.05, 0.1) is 11.5 Å². The van der Waals surface area contributed by atoms with E-state index in [2.05, 4.69) is 27.5 Å². The van der Waals surface area contributed by atoms with Gasteiger partial charge < -0.3 is 4.42 Å². The molecular weight excluding hydrogens is 334 g/mol. The molecule has 4 heterocycles. The second-order valence-corrected chi connectivity index (χ2v) is 7.55. The largest absolute Gasteiger partial charge is 0.408 e. The van der Waals surface area contributed by atoms with E-state index in [1.807, 2.05) is 28.8 Å². The Labute approximate surface area is 141 Å². The molecule has 1 aliphatic heterocycles. The van der Waals surface area contributed by atoms with Crippen LogP contribution < -0.4 is 0 Å². The molecule has 0 spiro atoms. The van der Waals surface area contributed by atoms with Crippen molar-refractivity contribution in [1.82, 2.24) is 14.7 Å². The van der Waals surface area contributed by atoms with E-state index >= 15 is 0 Å². The molecule has 7 heteroatoms. The molecule has 4 rings (SSSR count). The molecule has 3 aromatic heterocycles. The highest BCUT2D eigenvalue weighted by molar-refractivity contribution is 7.71. The predicted octanol–water partition coefficient (Wildman–Crippen LogP) is 4.79. The number of hydrogen-bond acceptors (Lipinski definition) is 6. The van der Waals surface area contributed by atoms with Crippen LogP contribution in [0.25, 0.3) is 10.8 Å². The summed E-state index contributed by atoms with van der Waals surface area (Å²) < 4.78 is 7.45. The van der Waals surface area contributed by atoms with Crippen LogP contribution in [0.15, 0.2) is 39.4 Å². The maximum atomic E-state index is 5.65. The second kappa shape index (κ2) is 6.08. The summed E-state index contributed by atoms with van der Waals surface area (Å²) in [6.45, 7) is 1.77. The Morgan fingerprint density at radius 3 is 2.91 bits per heavy atom. The van der Waals surface area contributed by atoms with Gasteiger partial charge in [-0.15, -0.1) is 27.8 Å². The highest BCUT2D eigenvalue weighted by atomic mass is 32.1. The van der Waals surface area contributed by atoms with Gasteiger partial charge in [-0.25, -0.2) is 4.68 Å². The van der Waals surface area contributed by atoms with E-state index < -0.39 is 0 Å². The minimum atomic E-state index is 0.445. The Morgan fingerprint density at radius 1 is 1.27 bits per heavy atom. The fourth-order valence-electron chi connectivity index (χ4n) is 2.87. The van der Waals surface area contributed by atoms with Crippen molar-refractivity contribution in [2.24, 2.45) is 0 Å². The fraction of sp³-hybridized carbons (Fsp3) is 0.333. The Bertz CT molecular complexity index is 788. The molecule has 1 atom stereocenters. The molecule has 0 radical (unpaired) electrons. The van der Waals surface area contributed by atoms with Gasteiger partial charge in [0.2, 0.25) is 0 Å². The molecular formula is C15H15N3OS3. The summed E-state index contributed by atoms with van der Waals surface area (Å²) in [5.74, 6) is 0.617. The van der Waals surface area contributed by atoms with Crippen molar-refractivity contribution in [3.8, 4) is 10.8 Å². The van der Waals surface area contributed by atoms with Gasteiger partial charge in [0.1, 0.15) is 0 Å². The number of likely N-dealkylation sites (tertiary alicyclic amines) is 1. The number of rotatable bonds is 4. The van der Waals surface area contributed by atoms with Gasteiger partial charge in [0, 0.05) is 17.5 Å². The van der Waals surface area contributed by atoms with Gasteiger partial charge in [-0.05, 0) is 48.0 Å². The molecule has 0 N–H and O–H groups in total. The summed E-state index contributed by atoms with van der Waals surface area (Å²) in [5.41, 5.74) is 0. The predicted molar refractivity (Wildman–Crippen MR) is 91.6 cm³/mol. The topological polar surface area (TPSA) is 34.2 Å². The lowest BCUT2D eigenvalue weighted by molar-refractivity contribution is 0.190. The zero-order valence-corrected chi connectivity index (χ0v) is 14.3. The van der Waals surface area contributed by atoms with E-state index in [4.69, 9.17) is 16.6 Å². The highest BCUT2D eigenvalue weighted by Crippen LogP contribution is 2.34. The van der Waals surface area contributed by atoms with E-state index in [1.54, 1.807) is 16.0 Å². The second-order valence-electron chi connectivity index (χ2n) is 5.28. The third-order valence-electron chi connectivity index (χ3n) is 3.89. The molecule has 0 aromatic carbocycles. The number of nitrogens with zero attached hydrogens (tertiary/aromatic N) is 3. The van der Waals surface area contributed by atoms with E-state index in [0.29, 0.717) is 23.4 Å². The minimum Gasteiger partial charge on any atom is -0.408 e. The summed E-state index contributed by atoms with van der Waals surface area (Å²) >= 11 is 8.77. The molecule has 0 amide bonds. The smallest absolute Gasteiger partial charge is 0.288 e. The lowest BCUT2D eigenvalue weighted by Gasteiger charge is -2.22. The quantitative estimate of drug-likeness (QED) is 0.634. The molecule has 4 nitrogen and oxygen atoms in total. The van der Waals surface area contributed by atoms with Crippen molar-refractivity contribution < 1.29 is 4.42 Å². The maximum Gasteiger partial charge on any atom is 0.288 e. The van der Waals surface area contributed by atoms with Crippen LogP contribution in [0.3, 0.4) is 0 Å². The number of aromatic nitrogens is 2. The van der Waals surface area contributed by atoms with E-state index in [-0.39, 0.29) is 0 Å². The average Bonchev–Trinajstić information content (AvgIpc) is 3.27. The maximum absolute atomic E-state index is 5.65. The SMILES string of the molecule is S=c1oc(-c2cccs2)nn1CN1CCCC1c1cccs1. The zero-order chi connectivity index (χ0) is 14.9. The van der Waals surface area contributed by atoms with Crippen molar-refractivity contribution in [2.45, 2.75) is 25.6 Å². The lowest BCUT2D eigenvalue weighted by Crippen LogP contribution is -2.26. The van der Waals surface area contributed by atoms with Crippen molar-refractivity contribution in [3.05, 3.63) is 44.7 Å². The molecule has 1 saturated heterocycles. The van der Waals surface area contributed by atoms with Crippen molar-refractivity contribution >= 4 is 34.9 Å². The van der Waals surface area contributed by atoms with Crippen LogP contribution in [0.1, 0.15) is 23.8 Å². The van der Waals surface area contributed by atoms with Gasteiger partial charge >= 0.3 is 0 Å².